The Balaban J connectivity index is 0. The molecular weight excluding hydrogens is 491 g/mol. The summed E-state index contributed by atoms with van der Waals surface area (Å²) in [5.74, 6) is 2.83. The van der Waals surface area contributed by atoms with Crippen molar-refractivity contribution in [2.45, 2.75) is 83.1 Å². The number of hydrogen-bond acceptors (Lipinski definition) is 2. The molecule has 32 heavy (non-hydrogen) atoms. The molecule has 188 valence electrons. The summed E-state index contributed by atoms with van der Waals surface area (Å²) in [5, 5.41) is 0. The van der Waals surface area contributed by atoms with Crippen LogP contribution in [0.3, 0.4) is 0 Å². The summed E-state index contributed by atoms with van der Waals surface area (Å²) in [6.45, 7) is 27.0. The monoisotopic (exact) mass is 534 g/mol. The van der Waals surface area contributed by atoms with E-state index in [1.165, 1.54) is 11.8 Å². The Morgan fingerprint density at radius 3 is 0.875 bits per heavy atom. The van der Waals surface area contributed by atoms with Crippen molar-refractivity contribution in [1.82, 2.24) is 9.97 Å². The number of pyridine rings is 2. The van der Waals surface area contributed by atoms with Crippen LogP contribution in [0.25, 0.3) is 0 Å². The Hall–Kier alpha value is -0.921. The molecule has 0 fully saturated rings. The third-order valence-electron chi connectivity index (χ3n) is 4.84. The molecule has 2 aromatic heterocycles. The summed E-state index contributed by atoms with van der Waals surface area (Å²) in [4.78, 5) is 8.95. The van der Waals surface area contributed by atoms with Gasteiger partial charge >= 0.3 is 34.1 Å². The van der Waals surface area contributed by atoms with Gasteiger partial charge in [-0.1, -0.05) is 128 Å². The van der Waals surface area contributed by atoms with Crippen molar-refractivity contribution in [3.05, 3.63) is 72.0 Å². The van der Waals surface area contributed by atoms with Crippen LogP contribution in [0.4, 0.5) is 0 Å². The Bertz CT molecular complexity index is 651. The van der Waals surface area contributed by atoms with Crippen LogP contribution >= 0.6 is 0 Å². The smallest absolute Gasteiger partial charge is 0.295 e. The summed E-state index contributed by atoms with van der Waals surface area (Å²) in [6.07, 6.45) is 3.74. The number of rotatable bonds is 2. The Morgan fingerprint density at radius 2 is 0.719 bits per heavy atom. The molecule has 0 aromatic carbocycles. The molecule has 0 aliphatic rings. The van der Waals surface area contributed by atoms with Crippen molar-refractivity contribution in [2.24, 2.45) is 21.7 Å². The van der Waals surface area contributed by atoms with E-state index in [0.29, 0.717) is 0 Å². The van der Waals surface area contributed by atoms with Crippen LogP contribution in [0.2, 0.25) is 0 Å². The van der Waals surface area contributed by atoms with Crippen LogP contribution in [0.15, 0.2) is 48.8 Å². The van der Waals surface area contributed by atoms with Gasteiger partial charge in [-0.3, -0.25) is 9.97 Å². The second kappa shape index (κ2) is 12.5. The first-order valence-corrected chi connectivity index (χ1v) is 11.0. The Morgan fingerprint density at radius 1 is 0.469 bits per heavy atom. The number of aromatic nitrogens is 2. The fraction of sp³-hybridized carbons (Fsp3) is 0.571. The van der Waals surface area contributed by atoms with Gasteiger partial charge in [0.15, 0.2) is 0 Å². The van der Waals surface area contributed by atoms with E-state index in [9.17, 15) is 0 Å². The van der Waals surface area contributed by atoms with Gasteiger partial charge in [-0.05, 0) is 0 Å². The zero-order valence-electron chi connectivity index (χ0n) is 22.1. The molecule has 0 amide bonds. The molecule has 2 aromatic rings. The molecule has 4 heteroatoms. The van der Waals surface area contributed by atoms with Crippen molar-refractivity contribution >= 4 is 0 Å². The van der Waals surface area contributed by atoms with Crippen LogP contribution in [0.5, 0.6) is 0 Å². The van der Waals surface area contributed by atoms with Gasteiger partial charge < -0.3 is 0 Å². The standard InChI is InChI=1S/2C14H22N.2Cu/c2*1-13(2,3)12(14(4,5)6)11-9-7-8-10-15-11;;/h2*7-10H,1-6H3;;/q2*-1;2*+1. The third-order valence-corrected chi connectivity index (χ3v) is 4.84. The number of hydrogen-bond donors (Lipinski definition) is 0. The molecule has 0 unspecified atom stereocenters. The quantitative estimate of drug-likeness (QED) is 0.286. The van der Waals surface area contributed by atoms with Crippen molar-refractivity contribution < 1.29 is 34.1 Å². The van der Waals surface area contributed by atoms with Crippen molar-refractivity contribution in [3.8, 4) is 0 Å². The summed E-state index contributed by atoms with van der Waals surface area (Å²) in [7, 11) is 0. The van der Waals surface area contributed by atoms with Gasteiger partial charge in [0.1, 0.15) is 0 Å². The maximum absolute atomic E-state index is 4.47. The van der Waals surface area contributed by atoms with E-state index in [-0.39, 0.29) is 55.8 Å². The van der Waals surface area contributed by atoms with Crippen LogP contribution < -0.4 is 0 Å². The van der Waals surface area contributed by atoms with Crippen LogP contribution in [-0.2, 0) is 34.1 Å². The van der Waals surface area contributed by atoms with Gasteiger partial charge in [0.2, 0.25) is 0 Å². The zero-order valence-corrected chi connectivity index (χ0v) is 24.0. The predicted octanol–water partition coefficient (Wildman–Crippen LogP) is 8.19. The van der Waals surface area contributed by atoms with Gasteiger partial charge in [-0.2, -0.15) is 24.0 Å². The van der Waals surface area contributed by atoms with Crippen LogP contribution in [0, 0.1) is 33.5 Å². The van der Waals surface area contributed by atoms with Gasteiger partial charge in [0.25, 0.3) is 0 Å². The SMILES string of the molecule is CC(C)(C)[C-](c1ccccn1)C(C)(C)C.CC(C)(C)[C-](c1ccccn1)C(C)(C)C.[Cu+].[Cu+]. The molecule has 0 bridgehead atoms. The van der Waals surface area contributed by atoms with E-state index >= 15 is 0 Å². The average Bonchev–Trinajstić information content (AvgIpc) is 2.52. The molecule has 0 atom stereocenters. The predicted molar refractivity (Wildman–Crippen MR) is 131 cm³/mol. The largest absolute Gasteiger partial charge is 1.00 e. The van der Waals surface area contributed by atoms with Crippen molar-refractivity contribution in [3.63, 3.8) is 0 Å². The van der Waals surface area contributed by atoms with Gasteiger partial charge in [-0.25, -0.2) is 0 Å². The molecule has 2 nitrogen and oxygen atoms in total. The molecule has 0 saturated heterocycles. The van der Waals surface area contributed by atoms with Crippen molar-refractivity contribution in [2.75, 3.05) is 0 Å². The second-order valence-electron chi connectivity index (χ2n) is 12.2. The van der Waals surface area contributed by atoms with E-state index in [1.54, 1.807) is 0 Å². The fourth-order valence-electron chi connectivity index (χ4n) is 4.81. The minimum Gasteiger partial charge on any atom is -0.295 e. The maximum atomic E-state index is 4.47. The molecular formula is C28H44Cu2N2. The molecule has 0 saturated carbocycles. The Labute approximate surface area is 220 Å². The molecule has 0 radical (unpaired) electrons. The van der Waals surface area contributed by atoms with E-state index < -0.39 is 0 Å². The third kappa shape index (κ3) is 10.3. The molecule has 2 heterocycles. The molecule has 0 spiro atoms. The number of nitrogens with zero attached hydrogens (tertiary/aromatic N) is 2. The Kier molecular flexibility index (Phi) is 13.0. The molecule has 0 aliphatic carbocycles. The summed E-state index contributed by atoms with van der Waals surface area (Å²) in [6, 6.07) is 12.2. The van der Waals surface area contributed by atoms with E-state index in [2.05, 4.69) is 117 Å². The first kappa shape index (κ1) is 33.3. The second-order valence-corrected chi connectivity index (χ2v) is 12.2. The molecule has 0 N–H and O–H groups in total. The summed E-state index contributed by atoms with van der Waals surface area (Å²) in [5.41, 5.74) is 2.88. The zero-order chi connectivity index (χ0) is 23.4. The van der Waals surface area contributed by atoms with Crippen molar-refractivity contribution in [1.29, 1.82) is 0 Å². The fourth-order valence-corrected chi connectivity index (χ4v) is 4.81. The van der Waals surface area contributed by atoms with Crippen LogP contribution in [-0.4, -0.2) is 9.97 Å². The van der Waals surface area contributed by atoms with Gasteiger partial charge in [-0.15, -0.1) is 12.1 Å². The molecule has 0 aliphatic heterocycles. The summed E-state index contributed by atoms with van der Waals surface area (Å²) >= 11 is 0. The molecule has 2 rings (SSSR count). The average molecular weight is 536 g/mol. The van der Waals surface area contributed by atoms with E-state index in [1.807, 2.05) is 24.5 Å². The summed E-state index contributed by atoms with van der Waals surface area (Å²) < 4.78 is 0. The normalized spacial score (nSPS) is 11.9. The van der Waals surface area contributed by atoms with Gasteiger partial charge in [0, 0.05) is 12.4 Å². The first-order valence-electron chi connectivity index (χ1n) is 11.0. The maximum Gasteiger partial charge on any atom is 1.00 e. The first-order chi connectivity index (χ1) is 13.5. The minimum absolute atomic E-state index is 0. The van der Waals surface area contributed by atoms with E-state index in [4.69, 9.17) is 0 Å². The van der Waals surface area contributed by atoms with Gasteiger partial charge in [0.05, 0.1) is 0 Å². The topological polar surface area (TPSA) is 25.8 Å². The van der Waals surface area contributed by atoms with E-state index in [0.717, 1.165) is 11.4 Å². The minimum atomic E-state index is 0. The van der Waals surface area contributed by atoms with Crippen LogP contribution in [0.1, 0.15) is 94.5 Å².